The van der Waals surface area contributed by atoms with E-state index in [0.29, 0.717) is 12.1 Å². The van der Waals surface area contributed by atoms with Crippen LogP contribution in [0.25, 0.3) is 16.6 Å². The van der Waals surface area contributed by atoms with Crippen molar-refractivity contribution in [3.05, 3.63) is 52.1 Å². The van der Waals surface area contributed by atoms with Gasteiger partial charge in [-0.05, 0) is 30.9 Å². The normalized spacial score (nSPS) is 11.5. The van der Waals surface area contributed by atoms with Crippen LogP contribution in [0.15, 0.2) is 35.3 Å². The number of nitrogens with zero attached hydrogens (tertiary/aromatic N) is 4. The summed E-state index contributed by atoms with van der Waals surface area (Å²) < 4.78 is 3.38. The highest BCUT2D eigenvalue weighted by atomic mass is 16.1. The van der Waals surface area contributed by atoms with E-state index < -0.39 is 0 Å². The first-order valence-electron chi connectivity index (χ1n) is 8.59. The first-order valence-corrected chi connectivity index (χ1v) is 8.59. The molecule has 3 aromatic rings. The Bertz CT molecular complexity index is 921. The number of rotatable bonds is 5. The highest BCUT2D eigenvalue weighted by Crippen LogP contribution is 2.24. The molecule has 0 fully saturated rings. The Morgan fingerprint density at radius 1 is 1.21 bits per heavy atom. The standard InChI is InChI=1S/C19H24N4O/c1-5-6-11-22-19(24)18-15(17(21-22)13(2)3)12-20-23(18)16-10-8-7-9-14(16)4/h7-10,12-13H,5-6,11H2,1-4H3. The summed E-state index contributed by atoms with van der Waals surface area (Å²) in [6, 6.07) is 7.98. The number of hydrogen-bond donors (Lipinski definition) is 0. The number of para-hydroxylation sites is 1. The van der Waals surface area contributed by atoms with Gasteiger partial charge < -0.3 is 0 Å². The molecule has 0 saturated carbocycles. The van der Waals surface area contributed by atoms with E-state index in [1.165, 1.54) is 0 Å². The van der Waals surface area contributed by atoms with Crippen LogP contribution in [0.2, 0.25) is 0 Å². The predicted octanol–water partition coefficient (Wildman–Crippen LogP) is 3.81. The zero-order chi connectivity index (χ0) is 17.3. The second-order valence-electron chi connectivity index (χ2n) is 6.53. The Kier molecular flexibility index (Phi) is 4.51. The van der Waals surface area contributed by atoms with Gasteiger partial charge in [0.25, 0.3) is 5.56 Å². The van der Waals surface area contributed by atoms with Crippen molar-refractivity contribution in [3.63, 3.8) is 0 Å². The third-order valence-corrected chi connectivity index (χ3v) is 4.32. The van der Waals surface area contributed by atoms with Crippen molar-refractivity contribution in [2.45, 2.75) is 53.0 Å². The quantitative estimate of drug-likeness (QED) is 0.717. The van der Waals surface area contributed by atoms with Crippen LogP contribution in [0.3, 0.4) is 0 Å². The van der Waals surface area contributed by atoms with Crippen LogP contribution in [-0.2, 0) is 6.54 Å². The number of aryl methyl sites for hydroxylation is 2. The molecule has 0 aliphatic carbocycles. The van der Waals surface area contributed by atoms with Crippen molar-refractivity contribution in [2.75, 3.05) is 0 Å². The third kappa shape index (κ3) is 2.75. The average Bonchev–Trinajstić information content (AvgIpc) is 2.99. The minimum Gasteiger partial charge on any atom is -0.265 e. The molecule has 1 aromatic carbocycles. The highest BCUT2D eigenvalue weighted by Gasteiger charge is 2.19. The van der Waals surface area contributed by atoms with Crippen LogP contribution in [0, 0.1) is 6.92 Å². The summed E-state index contributed by atoms with van der Waals surface area (Å²) in [5.41, 5.74) is 3.51. The van der Waals surface area contributed by atoms with Crippen molar-refractivity contribution in [2.24, 2.45) is 0 Å². The van der Waals surface area contributed by atoms with Gasteiger partial charge in [-0.25, -0.2) is 9.36 Å². The third-order valence-electron chi connectivity index (χ3n) is 4.32. The Morgan fingerprint density at radius 3 is 2.62 bits per heavy atom. The summed E-state index contributed by atoms with van der Waals surface area (Å²) in [5, 5.41) is 9.99. The molecule has 0 atom stereocenters. The first kappa shape index (κ1) is 16.4. The maximum Gasteiger partial charge on any atom is 0.293 e. The Morgan fingerprint density at radius 2 is 1.96 bits per heavy atom. The van der Waals surface area contributed by atoms with Crippen LogP contribution in [0.5, 0.6) is 0 Å². The minimum atomic E-state index is -0.0661. The lowest BCUT2D eigenvalue weighted by Crippen LogP contribution is -2.26. The molecule has 5 nitrogen and oxygen atoms in total. The molecule has 0 N–H and O–H groups in total. The topological polar surface area (TPSA) is 52.7 Å². The SMILES string of the molecule is CCCCn1nc(C(C)C)c2cnn(-c3ccccc3C)c2c1=O. The number of hydrogen-bond acceptors (Lipinski definition) is 3. The lowest BCUT2D eigenvalue weighted by molar-refractivity contribution is 0.531. The molecular weight excluding hydrogens is 300 g/mol. The number of unbranched alkanes of at least 4 members (excludes halogenated alkanes) is 1. The molecular formula is C19H24N4O. The fourth-order valence-corrected chi connectivity index (χ4v) is 2.96. The fourth-order valence-electron chi connectivity index (χ4n) is 2.96. The summed E-state index contributed by atoms with van der Waals surface area (Å²) in [7, 11) is 0. The van der Waals surface area contributed by atoms with Crippen molar-refractivity contribution < 1.29 is 0 Å². The van der Waals surface area contributed by atoms with E-state index >= 15 is 0 Å². The van der Waals surface area contributed by atoms with E-state index in [9.17, 15) is 4.79 Å². The molecule has 0 aliphatic rings. The Balaban J connectivity index is 2.32. The van der Waals surface area contributed by atoms with E-state index in [0.717, 1.165) is 35.2 Å². The molecule has 0 amide bonds. The molecule has 24 heavy (non-hydrogen) atoms. The smallest absolute Gasteiger partial charge is 0.265 e. The highest BCUT2D eigenvalue weighted by molar-refractivity contribution is 5.82. The van der Waals surface area contributed by atoms with Crippen LogP contribution in [0.4, 0.5) is 0 Å². The summed E-state index contributed by atoms with van der Waals surface area (Å²) in [4.78, 5) is 13.0. The van der Waals surface area contributed by atoms with Crippen LogP contribution in [-0.4, -0.2) is 19.6 Å². The van der Waals surface area contributed by atoms with Crippen molar-refractivity contribution in [1.82, 2.24) is 19.6 Å². The summed E-state index contributed by atoms with van der Waals surface area (Å²) in [6.07, 6.45) is 3.74. The molecule has 126 valence electrons. The largest absolute Gasteiger partial charge is 0.293 e. The van der Waals surface area contributed by atoms with Gasteiger partial charge in [-0.15, -0.1) is 0 Å². The van der Waals surface area contributed by atoms with Crippen molar-refractivity contribution in [3.8, 4) is 5.69 Å². The van der Waals surface area contributed by atoms with Gasteiger partial charge in [-0.3, -0.25) is 4.79 Å². The summed E-state index contributed by atoms with van der Waals surface area (Å²) in [6.45, 7) is 8.99. The molecule has 3 rings (SSSR count). The second kappa shape index (κ2) is 6.59. The van der Waals surface area contributed by atoms with Gasteiger partial charge in [0, 0.05) is 11.9 Å². The second-order valence-corrected chi connectivity index (χ2v) is 6.53. The van der Waals surface area contributed by atoms with Crippen molar-refractivity contribution in [1.29, 1.82) is 0 Å². The lowest BCUT2D eigenvalue weighted by atomic mass is 10.1. The Hall–Kier alpha value is -2.43. The van der Waals surface area contributed by atoms with Crippen LogP contribution in [0.1, 0.15) is 50.8 Å². The Labute approximate surface area is 141 Å². The molecule has 0 radical (unpaired) electrons. The summed E-state index contributed by atoms with van der Waals surface area (Å²) in [5.74, 6) is 0.232. The van der Waals surface area contributed by atoms with Gasteiger partial charge in [-0.2, -0.15) is 10.2 Å². The van der Waals surface area contributed by atoms with Crippen LogP contribution >= 0.6 is 0 Å². The molecule has 0 spiro atoms. The van der Waals surface area contributed by atoms with E-state index in [4.69, 9.17) is 0 Å². The van der Waals surface area contributed by atoms with Gasteiger partial charge in [0.15, 0.2) is 0 Å². The summed E-state index contributed by atoms with van der Waals surface area (Å²) >= 11 is 0. The molecule has 5 heteroatoms. The number of benzene rings is 1. The van der Waals surface area contributed by atoms with E-state index in [1.54, 1.807) is 15.6 Å². The lowest BCUT2D eigenvalue weighted by Gasteiger charge is -2.12. The van der Waals surface area contributed by atoms with Gasteiger partial charge >= 0.3 is 0 Å². The van der Waals surface area contributed by atoms with Gasteiger partial charge in [0.05, 0.1) is 17.6 Å². The number of aromatic nitrogens is 4. The van der Waals surface area contributed by atoms with E-state index in [1.807, 2.05) is 31.2 Å². The van der Waals surface area contributed by atoms with E-state index in [2.05, 4.69) is 31.0 Å². The monoisotopic (exact) mass is 324 g/mol. The molecule has 0 aliphatic heterocycles. The van der Waals surface area contributed by atoms with Gasteiger partial charge in [0.2, 0.25) is 0 Å². The molecule has 2 aromatic heterocycles. The molecule has 2 heterocycles. The van der Waals surface area contributed by atoms with Gasteiger partial charge in [-0.1, -0.05) is 45.4 Å². The molecule has 0 bridgehead atoms. The van der Waals surface area contributed by atoms with Gasteiger partial charge in [0.1, 0.15) is 5.52 Å². The minimum absolute atomic E-state index is 0.0661. The number of fused-ring (bicyclic) bond motifs is 1. The zero-order valence-corrected chi connectivity index (χ0v) is 14.8. The van der Waals surface area contributed by atoms with E-state index in [-0.39, 0.29) is 11.5 Å². The van der Waals surface area contributed by atoms with Crippen LogP contribution < -0.4 is 5.56 Å². The zero-order valence-electron chi connectivity index (χ0n) is 14.8. The predicted molar refractivity (Wildman–Crippen MR) is 96.9 cm³/mol. The maximum atomic E-state index is 13.0. The van der Waals surface area contributed by atoms with Crippen molar-refractivity contribution >= 4 is 10.9 Å². The first-order chi connectivity index (χ1) is 11.5. The molecule has 0 saturated heterocycles. The fraction of sp³-hybridized carbons (Fsp3) is 0.421. The average molecular weight is 324 g/mol. The molecule has 0 unspecified atom stereocenters. The maximum absolute atomic E-state index is 13.0.